The largest absolute Gasteiger partial charge is 0.379 e. The van der Waals surface area contributed by atoms with Crippen molar-refractivity contribution < 1.29 is 4.79 Å². The van der Waals surface area contributed by atoms with E-state index < -0.39 is 0 Å². The Balaban J connectivity index is 2.20. The van der Waals surface area contributed by atoms with Gasteiger partial charge >= 0.3 is 0 Å². The Kier molecular flexibility index (Phi) is 4.84. The highest BCUT2D eigenvalue weighted by Crippen LogP contribution is 2.24. The summed E-state index contributed by atoms with van der Waals surface area (Å²) < 4.78 is 0. The lowest BCUT2D eigenvalue weighted by molar-refractivity contribution is 0.0828. The number of anilines is 1. The first-order chi connectivity index (χ1) is 10.0. The fourth-order valence-corrected chi connectivity index (χ4v) is 2.72. The molecule has 0 bridgehead atoms. The van der Waals surface area contributed by atoms with Crippen molar-refractivity contribution >= 4 is 34.5 Å². The molecule has 0 fully saturated rings. The van der Waals surface area contributed by atoms with Gasteiger partial charge in [0.2, 0.25) is 0 Å². The van der Waals surface area contributed by atoms with Crippen LogP contribution in [0.2, 0.25) is 5.02 Å². The zero-order chi connectivity index (χ0) is 15.4. The predicted octanol–water partition coefficient (Wildman–Crippen LogP) is 3.59. The smallest absolute Gasteiger partial charge is 0.255 e. The topological polar surface area (TPSA) is 56.1 Å². The molecule has 0 aliphatic carbocycles. The number of halogens is 1. The Morgan fingerprint density at radius 3 is 2.76 bits per heavy atom. The molecular weight excluding hydrogens is 306 g/mol. The summed E-state index contributed by atoms with van der Waals surface area (Å²) >= 11 is 7.43. The molecule has 2 aromatic rings. The third kappa shape index (κ3) is 3.75. The lowest BCUT2D eigenvalue weighted by Crippen LogP contribution is -2.22. The van der Waals surface area contributed by atoms with E-state index in [0.717, 1.165) is 4.88 Å². The van der Waals surface area contributed by atoms with Gasteiger partial charge in [-0.2, -0.15) is 5.26 Å². The highest BCUT2D eigenvalue weighted by molar-refractivity contribution is 7.12. The predicted molar refractivity (Wildman–Crippen MR) is 85.8 cm³/mol. The molecule has 0 aliphatic heterocycles. The number of rotatable bonds is 4. The Labute approximate surface area is 132 Å². The lowest BCUT2D eigenvalue weighted by Gasteiger charge is -2.15. The van der Waals surface area contributed by atoms with Crippen LogP contribution in [0.25, 0.3) is 0 Å². The van der Waals surface area contributed by atoms with Crippen molar-refractivity contribution in [3.8, 4) is 6.07 Å². The first-order valence-electron chi connectivity index (χ1n) is 6.25. The number of carbonyl (C=O) groups excluding carboxylic acids is 1. The Hall–Kier alpha value is -2.03. The number of nitrogens with zero attached hydrogens (tertiary/aromatic N) is 2. The molecule has 21 heavy (non-hydrogen) atoms. The van der Waals surface area contributed by atoms with Gasteiger partial charge in [-0.15, -0.1) is 11.3 Å². The zero-order valence-electron chi connectivity index (χ0n) is 11.7. The summed E-state index contributed by atoms with van der Waals surface area (Å²) in [6, 6.07) is 10.9. The van der Waals surface area contributed by atoms with E-state index >= 15 is 0 Å². The fraction of sp³-hybridized carbons (Fsp3) is 0.200. The van der Waals surface area contributed by atoms with E-state index in [2.05, 4.69) is 11.4 Å². The third-order valence-electron chi connectivity index (χ3n) is 2.84. The van der Waals surface area contributed by atoms with Crippen LogP contribution in [0, 0.1) is 11.3 Å². The summed E-state index contributed by atoms with van der Waals surface area (Å²) in [6.07, 6.45) is 0. The minimum Gasteiger partial charge on any atom is -0.379 e. The second kappa shape index (κ2) is 6.61. The minimum absolute atomic E-state index is 0.0851. The van der Waals surface area contributed by atoms with Gasteiger partial charge < -0.3 is 10.2 Å². The van der Waals surface area contributed by atoms with Crippen LogP contribution in [0.15, 0.2) is 30.3 Å². The molecule has 108 valence electrons. The van der Waals surface area contributed by atoms with Crippen LogP contribution < -0.4 is 5.32 Å². The molecule has 1 amide bonds. The van der Waals surface area contributed by atoms with Crippen molar-refractivity contribution in [1.82, 2.24) is 4.90 Å². The molecule has 0 saturated carbocycles. The van der Waals surface area contributed by atoms with E-state index in [1.165, 1.54) is 16.2 Å². The van der Waals surface area contributed by atoms with Crippen molar-refractivity contribution in [2.75, 3.05) is 19.4 Å². The van der Waals surface area contributed by atoms with Gasteiger partial charge in [0.1, 0.15) is 10.9 Å². The maximum Gasteiger partial charge on any atom is 0.255 e. The van der Waals surface area contributed by atoms with Crippen molar-refractivity contribution in [2.24, 2.45) is 0 Å². The van der Waals surface area contributed by atoms with E-state index in [1.54, 1.807) is 38.4 Å². The third-order valence-corrected chi connectivity index (χ3v) is 4.07. The van der Waals surface area contributed by atoms with Gasteiger partial charge in [-0.3, -0.25) is 4.79 Å². The second-order valence-electron chi connectivity index (χ2n) is 4.62. The van der Waals surface area contributed by atoms with Crippen LogP contribution in [-0.4, -0.2) is 24.9 Å². The monoisotopic (exact) mass is 319 g/mol. The number of nitriles is 1. The normalized spacial score (nSPS) is 10.0. The lowest BCUT2D eigenvalue weighted by atomic mass is 10.1. The fourth-order valence-electron chi connectivity index (χ4n) is 1.81. The Morgan fingerprint density at radius 1 is 1.38 bits per heavy atom. The van der Waals surface area contributed by atoms with Crippen molar-refractivity contribution in [3.05, 3.63) is 50.7 Å². The molecule has 0 unspecified atom stereocenters. The molecule has 0 atom stereocenters. The molecule has 1 heterocycles. The first kappa shape index (κ1) is 15.4. The number of carbonyl (C=O) groups is 1. The van der Waals surface area contributed by atoms with Crippen LogP contribution >= 0.6 is 22.9 Å². The molecule has 2 rings (SSSR count). The van der Waals surface area contributed by atoms with Gasteiger partial charge in [-0.25, -0.2) is 0 Å². The average Bonchev–Trinajstić information content (AvgIpc) is 2.92. The number of amides is 1. The van der Waals surface area contributed by atoms with Gasteiger partial charge in [-0.1, -0.05) is 11.6 Å². The average molecular weight is 320 g/mol. The van der Waals surface area contributed by atoms with E-state index in [4.69, 9.17) is 16.9 Å². The Morgan fingerprint density at radius 2 is 2.14 bits per heavy atom. The summed E-state index contributed by atoms with van der Waals surface area (Å²) in [4.78, 5) is 15.4. The highest BCUT2D eigenvalue weighted by atomic mass is 35.5. The molecule has 0 spiro atoms. The van der Waals surface area contributed by atoms with Crippen LogP contribution in [0.3, 0.4) is 0 Å². The van der Waals surface area contributed by atoms with Crippen molar-refractivity contribution in [2.45, 2.75) is 6.54 Å². The summed E-state index contributed by atoms with van der Waals surface area (Å²) in [5.41, 5.74) is 1.26. The van der Waals surface area contributed by atoms with E-state index in [1.807, 2.05) is 6.07 Å². The number of benzene rings is 1. The standard InChI is InChI=1S/C15H14ClN3OS/c1-19(2)15(20)13-6-3-10(16)7-14(13)18-9-12-5-4-11(8-17)21-12/h3-7,18H,9H2,1-2H3. The summed E-state index contributed by atoms with van der Waals surface area (Å²) in [5.74, 6) is -0.0851. The molecule has 1 N–H and O–H groups in total. The molecule has 0 saturated heterocycles. The molecule has 0 radical (unpaired) electrons. The molecule has 1 aromatic heterocycles. The van der Waals surface area contributed by atoms with Crippen molar-refractivity contribution in [3.63, 3.8) is 0 Å². The number of hydrogen-bond acceptors (Lipinski definition) is 4. The highest BCUT2D eigenvalue weighted by Gasteiger charge is 2.13. The summed E-state index contributed by atoms with van der Waals surface area (Å²) in [6.45, 7) is 0.542. The molecule has 0 aliphatic rings. The van der Waals surface area contributed by atoms with Gasteiger partial charge in [0.25, 0.3) is 5.91 Å². The van der Waals surface area contributed by atoms with Gasteiger partial charge in [0.15, 0.2) is 0 Å². The SMILES string of the molecule is CN(C)C(=O)c1ccc(Cl)cc1NCc1ccc(C#N)s1. The Bertz CT molecular complexity index is 703. The first-order valence-corrected chi connectivity index (χ1v) is 7.44. The summed E-state index contributed by atoms with van der Waals surface area (Å²) in [7, 11) is 3.42. The molecule has 1 aromatic carbocycles. The van der Waals surface area contributed by atoms with Crippen LogP contribution in [0.1, 0.15) is 20.1 Å². The summed E-state index contributed by atoms with van der Waals surface area (Å²) in [5, 5.41) is 12.6. The zero-order valence-corrected chi connectivity index (χ0v) is 13.3. The number of thiophene rings is 1. The second-order valence-corrected chi connectivity index (χ2v) is 6.23. The quantitative estimate of drug-likeness (QED) is 0.937. The van der Waals surface area contributed by atoms with E-state index in [0.29, 0.717) is 27.7 Å². The molecular formula is C15H14ClN3OS. The maximum atomic E-state index is 12.1. The molecule has 6 heteroatoms. The van der Waals surface area contributed by atoms with E-state index in [-0.39, 0.29) is 5.91 Å². The maximum absolute atomic E-state index is 12.1. The van der Waals surface area contributed by atoms with Crippen LogP contribution in [-0.2, 0) is 6.54 Å². The minimum atomic E-state index is -0.0851. The van der Waals surface area contributed by atoms with Crippen LogP contribution in [0.4, 0.5) is 5.69 Å². The number of hydrogen-bond donors (Lipinski definition) is 1. The van der Waals surface area contributed by atoms with Gasteiger partial charge in [0, 0.05) is 36.2 Å². The molecule has 4 nitrogen and oxygen atoms in total. The van der Waals surface area contributed by atoms with Crippen LogP contribution in [0.5, 0.6) is 0 Å². The van der Waals surface area contributed by atoms with Gasteiger partial charge in [0.05, 0.1) is 5.56 Å². The number of nitrogens with one attached hydrogen (secondary N) is 1. The van der Waals surface area contributed by atoms with E-state index in [9.17, 15) is 4.79 Å². The van der Waals surface area contributed by atoms with Crippen molar-refractivity contribution in [1.29, 1.82) is 5.26 Å². The van der Waals surface area contributed by atoms with Gasteiger partial charge in [-0.05, 0) is 30.3 Å².